The van der Waals surface area contributed by atoms with Gasteiger partial charge in [-0.1, -0.05) is 11.6 Å². The first-order valence-electron chi connectivity index (χ1n) is 4.33. The van der Waals surface area contributed by atoms with Crippen molar-refractivity contribution in [3.63, 3.8) is 0 Å². The van der Waals surface area contributed by atoms with Crippen molar-refractivity contribution in [3.8, 4) is 0 Å². The SMILES string of the molecule is COC(C)C(=O)Nc1ccc(F)c(Cl)c1. The average Bonchev–Trinajstić information content (AvgIpc) is 2.22. The molecule has 0 aromatic heterocycles. The van der Waals surface area contributed by atoms with E-state index in [1.54, 1.807) is 6.92 Å². The van der Waals surface area contributed by atoms with E-state index in [0.717, 1.165) is 0 Å². The molecule has 0 saturated heterocycles. The number of nitrogens with one attached hydrogen (secondary N) is 1. The Kier molecular flexibility index (Phi) is 4.05. The maximum atomic E-state index is 12.8. The lowest BCUT2D eigenvalue weighted by Crippen LogP contribution is -2.26. The summed E-state index contributed by atoms with van der Waals surface area (Å²) in [5, 5.41) is 2.52. The van der Waals surface area contributed by atoms with Crippen LogP contribution in [-0.4, -0.2) is 19.1 Å². The number of ether oxygens (including phenoxy) is 1. The summed E-state index contributed by atoms with van der Waals surface area (Å²) in [5.74, 6) is -0.824. The number of amides is 1. The van der Waals surface area contributed by atoms with Crippen LogP contribution in [0, 0.1) is 5.82 Å². The van der Waals surface area contributed by atoms with Crippen molar-refractivity contribution >= 4 is 23.2 Å². The Labute approximate surface area is 92.2 Å². The Morgan fingerprint density at radius 2 is 2.27 bits per heavy atom. The number of anilines is 1. The lowest BCUT2D eigenvalue weighted by Gasteiger charge is -2.10. The molecule has 0 bridgehead atoms. The molecule has 5 heteroatoms. The van der Waals surface area contributed by atoms with Gasteiger partial charge in [0.05, 0.1) is 5.02 Å². The Hall–Kier alpha value is -1.13. The van der Waals surface area contributed by atoms with Crippen LogP contribution < -0.4 is 5.32 Å². The average molecular weight is 232 g/mol. The van der Waals surface area contributed by atoms with Gasteiger partial charge in [0, 0.05) is 12.8 Å². The van der Waals surface area contributed by atoms with E-state index in [1.165, 1.54) is 25.3 Å². The monoisotopic (exact) mass is 231 g/mol. The van der Waals surface area contributed by atoms with Gasteiger partial charge in [0.25, 0.3) is 5.91 Å². The second kappa shape index (κ2) is 5.09. The summed E-state index contributed by atoms with van der Waals surface area (Å²) in [6, 6.07) is 3.97. The molecule has 15 heavy (non-hydrogen) atoms. The number of hydrogen-bond donors (Lipinski definition) is 1. The van der Waals surface area contributed by atoms with Gasteiger partial charge in [-0.2, -0.15) is 0 Å². The van der Waals surface area contributed by atoms with Gasteiger partial charge < -0.3 is 10.1 Å². The molecule has 1 atom stereocenters. The highest BCUT2D eigenvalue weighted by Crippen LogP contribution is 2.19. The minimum Gasteiger partial charge on any atom is -0.372 e. The predicted octanol–water partition coefficient (Wildman–Crippen LogP) is 2.45. The predicted molar refractivity (Wildman–Crippen MR) is 56.5 cm³/mol. The number of methoxy groups -OCH3 is 1. The quantitative estimate of drug-likeness (QED) is 0.868. The van der Waals surface area contributed by atoms with Crippen molar-refractivity contribution < 1.29 is 13.9 Å². The second-order valence-corrected chi connectivity index (χ2v) is 3.40. The molecule has 1 aromatic carbocycles. The van der Waals surface area contributed by atoms with Gasteiger partial charge in [0.15, 0.2) is 0 Å². The summed E-state index contributed by atoms with van der Waals surface area (Å²) in [5.41, 5.74) is 0.440. The fourth-order valence-electron chi connectivity index (χ4n) is 0.925. The first-order chi connectivity index (χ1) is 7.04. The molecule has 0 aliphatic carbocycles. The van der Waals surface area contributed by atoms with E-state index in [0.29, 0.717) is 5.69 Å². The number of carbonyl (C=O) groups excluding carboxylic acids is 1. The van der Waals surface area contributed by atoms with Crippen LogP contribution >= 0.6 is 11.6 Å². The second-order valence-electron chi connectivity index (χ2n) is 3.00. The normalized spacial score (nSPS) is 12.3. The van der Waals surface area contributed by atoms with E-state index in [1.807, 2.05) is 0 Å². The number of rotatable bonds is 3. The van der Waals surface area contributed by atoms with Crippen LogP contribution in [0.1, 0.15) is 6.92 Å². The van der Waals surface area contributed by atoms with Crippen molar-refractivity contribution in [2.45, 2.75) is 13.0 Å². The molecule has 3 nitrogen and oxygen atoms in total. The molecule has 0 saturated carbocycles. The van der Waals surface area contributed by atoms with Crippen LogP contribution in [0.25, 0.3) is 0 Å². The van der Waals surface area contributed by atoms with Crippen molar-refractivity contribution in [3.05, 3.63) is 29.0 Å². The van der Waals surface area contributed by atoms with Gasteiger partial charge >= 0.3 is 0 Å². The van der Waals surface area contributed by atoms with E-state index < -0.39 is 11.9 Å². The summed E-state index contributed by atoms with van der Waals surface area (Å²) < 4.78 is 17.6. The smallest absolute Gasteiger partial charge is 0.253 e. The molecule has 1 unspecified atom stereocenters. The molecule has 0 spiro atoms. The molecule has 1 amide bonds. The zero-order valence-corrected chi connectivity index (χ0v) is 9.14. The first-order valence-corrected chi connectivity index (χ1v) is 4.71. The van der Waals surface area contributed by atoms with Crippen LogP contribution in [0.2, 0.25) is 5.02 Å². The molecule has 0 heterocycles. The zero-order chi connectivity index (χ0) is 11.4. The van der Waals surface area contributed by atoms with Gasteiger partial charge in [-0.3, -0.25) is 4.79 Å². The lowest BCUT2D eigenvalue weighted by atomic mass is 10.3. The molecule has 1 rings (SSSR count). The molecule has 0 aliphatic heterocycles. The van der Waals surface area contributed by atoms with E-state index in [2.05, 4.69) is 5.32 Å². The highest BCUT2D eigenvalue weighted by molar-refractivity contribution is 6.31. The van der Waals surface area contributed by atoms with E-state index in [9.17, 15) is 9.18 Å². The minimum atomic E-state index is -0.561. The molecule has 0 fully saturated rings. The third-order valence-electron chi connectivity index (χ3n) is 1.91. The Morgan fingerprint density at radius 1 is 1.60 bits per heavy atom. The summed E-state index contributed by atoms with van der Waals surface area (Å²) in [4.78, 5) is 11.4. The topological polar surface area (TPSA) is 38.3 Å². The van der Waals surface area contributed by atoms with Crippen LogP contribution in [-0.2, 0) is 9.53 Å². The Morgan fingerprint density at radius 3 is 2.80 bits per heavy atom. The number of benzene rings is 1. The molecule has 82 valence electrons. The first kappa shape index (κ1) is 11.9. The van der Waals surface area contributed by atoms with Gasteiger partial charge in [-0.25, -0.2) is 4.39 Å². The van der Waals surface area contributed by atoms with Crippen molar-refractivity contribution in [1.82, 2.24) is 0 Å². The molecular formula is C10H11ClFNO2. The highest BCUT2D eigenvalue weighted by atomic mass is 35.5. The number of halogens is 2. The van der Waals surface area contributed by atoms with Gasteiger partial charge in [0.1, 0.15) is 11.9 Å². The van der Waals surface area contributed by atoms with Crippen molar-refractivity contribution in [2.75, 3.05) is 12.4 Å². The molecular weight excluding hydrogens is 221 g/mol. The largest absolute Gasteiger partial charge is 0.372 e. The third kappa shape index (κ3) is 3.18. The summed E-state index contributed by atoms with van der Waals surface area (Å²) >= 11 is 5.55. The van der Waals surface area contributed by atoms with Gasteiger partial charge in [0.2, 0.25) is 0 Å². The molecule has 0 aliphatic rings. The van der Waals surface area contributed by atoms with Gasteiger partial charge in [-0.15, -0.1) is 0 Å². The zero-order valence-electron chi connectivity index (χ0n) is 8.38. The maximum absolute atomic E-state index is 12.8. The van der Waals surface area contributed by atoms with E-state index in [4.69, 9.17) is 16.3 Å². The summed E-state index contributed by atoms with van der Waals surface area (Å²) in [7, 11) is 1.43. The van der Waals surface area contributed by atoms with Crippen LogP contribution in [0.4, 0.5) is 10.1 Å². The van der Waals surface area contributed by atoms with E-state index in [-0.39, 0.29) is 10.9 Å². The minimum absolute atomic E-state index is 0.0298. The highest BCUT2D eigenvalue weighted by Gasteiger charge is 2.12. The standard InChI is InChI=1S/C10H11ClFNO2/c1-6(15-2)10(14)13-7-3-4-9(12)8(11)5-7/h3-6H,1-2H3,(H,13,14). The van der Waals surface area contributed by atoms with Crippen molar-refractivity contribution in [1.29, 1.82) is 0 Å². The fourth-order valence-corrected chi connectivity index (χ4v) is 1.11. The Balaban J connectivity index is 2.73. The maximum Gasteiger partial charge on any atom is 0.253 e. The Bertz CT molecular complexity index is 370. The molecule has 0 radical (unpaired) electrons. The molecule has 1 aromatic rings. The number of carbonyl (C=O) groups is 1. The lowest BCUT2D eigenvalue weighted by molar-refractivity contribution is -0.124. The van der Waals surface area contributed by atoms with Crippen LogP contribution in [0.5, 0.6) is 0 Å². The van der Waals surface area contributed by atoms with Crippen LogP contribution in [0.15, 0.2) is 18.2 Å². The van der Waals surface area contributed by atoms with E-state index >= 15 is 0 Å². The summed E-state index contributed by atoms with van der Waals surface area (Å²) in [6.07, 6.45) is -0.561. The number of hydrogen-bond acceptors (Lipinski definition) is 2. The molecule has 1 N–H and O–H groups in total. The van der Waals surface area contributed by atoms with Crippen LogP contribution in [0.3, 0.4) is 0 Å². The van der Waals surface area contributed by atoms with Gasteiger partial charge in [-0.05, 0) is 25.1 Å². The van der Waals surface area contributed by atoms with Crippen molar-refractivity contribution in [2.24, 2.45) is 0 Å². The fraction of sp³-hybridized carbons (Fsp3) is 0.300. The summed E-state index contributed by atoms with van der Waals surface area (Å²) in [6.45, 7) is 1.61. The third-order valence-corrected chi connectivity index (χ3v) is 2.20.